The molecule has 2 N–H and O–H groups in total. The molecule has 5 heteroatoms. The van der Waals surface area contributed by atoms with Crippen LogP contribution in [-0.2, 0) is 16.0 Å². The average Bonchev–Trinajstić information content (AvgIpc) is 2.48. The largest absolute Gasteiger partial charge is 0.494 e. The highest BCUT2D eigenvalue weighted by Gasteiger charge is 2.04. The predicted molar refractivity (Wildman–Crippen MR) is 80.4 cm³/mol. The maximum absolute atomic E-state index is 11.4. The quantitative estimate of drug-likeness (QED) is 0.649. The van der Waals surface area contributed by atoms with E-state index in [-0.39, 0.29) is 18.9 Å². The Kier molecular flexibility index (Phi) is 7.94. The van der Waals surface area contributed by atoms with Crippen LogP contribution in [0.2, 0.25) is 0 Å². The van der Waals surface area contributed by atoms with E-state index in [2.05, 4.69) is 12.2 Å². The molecule has 0 bridgehead atoms. The first-order valence-corrected chi connectivity index (χ1v) is 7.32. The number of amides is 1. The number of carbonyl (C=O) groups is 2. The zero-order chi connectivity index (χ0) is 15.5. The normalized spacial score (nSPS) is 10.1. The lowest BCUT2D eigenvalue weighted by Gasteiger charge is -2.07. The molecule has 0 heterocycles. The van der Waals surface area contributed by atoms with Gasteiger partial charge in [-0.25, -0.2) is 0 Å². The van der Waals surface area contributed by atoms with E-state index in [1.165, 1.54) is 12.8 Å². The van der Waals surface area contributed by atoms with Crippen molar-refractivity contribution in [3.63, 3.8) is 0 Å². The molecule has 0 radical (unpaired) electrons. The number of ether oxygens (including phenoxy) is 1. The molecular weight excluding hydrogens is 270 g/mol. The minimum atomic E-state index is -1.03. The zero-order valence-corrected chi connectivity index (χ0v) is 12.4. The van der Waals surface area contributed by atoms with Gasteiger partial charge in [0.2, 0.25) is 5.91 Å². The van der Waals surface area contributed by atoms with Crippen LogP contribution >= 0.6 is 0 Å². The number of aryl methyl sites for hydroxylation is 1. The highest BCUT2D eigenvalue weighted by Crippen LogP contribution is 2.14. The van der Waals surface area contributed by atoms with E-state index in [1.807, 2.05) is 24.3 Å². The maximum Gasteiger partial charge on any atom is 0.322 e. The number of aliphatic carboxylic acids is 1. The maximum atomic E-state index is 11.4. The Morgan fingerprint density at radius 1 is 1.19 bits per heavy atom. The van der Waals surface area contributed by atoms with Crippen molar-refractivity contribution in [3.8, 4) is 5.75 Å². The van der Waals surface area contributed by atoms with E-state index in [0.717, 1.165) is 24.3 Å². The van der Waals surface area contributed by atoms with Crippen LogP contribution in [0.5, 0.6) is 5.75 Å². The van der Waals surface area contributed by atoms with Gasteiger partial charge in [0.05, 0.1) is 6.61 Å². The first-order chi connectivity index (χ1) is 10.1. The van der Waals surface area contributed by atoms with Crippen LogP contribution in [0.15, 0.2) is 24.3 Å². The van der Waals surface area contributed by atoms with Gasteiger partial charge >= 0.3 is 5.97 Å². The number of nitrogens with one attached hydrogen (secondary N) is 1. The number of hydrogen-bond acceptors (Lipinski definition) is 3. The Balaban J connectivity index is 2.27. The van der Waals surface area contributed by atoms with Crippen molar-refractivity contribution in [2.24, 2.45) is 0 Å². The Bertz CT molecular complexity index is 442. The van der Waals surface area contributed by atoms with Crippen LogP contribution in [0.4, 0.5) is 0 Å². The van der Waals surface area contributed by atoms with Gasteiger partial charge in [0, 0.05) is 6.42 Å². The molecule has 1 aromatic carbocycles. The third-order valence-electron chi connectivity index (χ3n) is 3.02. The van der Waals surface area contributed by atoms with Gasteiger partial charge in [-0.05, 0) is 30.5 Å². The molecule has 0 aliphatic heterocycles. The van der Waals surface area contributed by atoms with Crippen LogP contribution in [0.3, 0.4) is 0 Å². The van der Waals surface area contributed by atoms with Gasteiger partial charge in [-0.15, -0.1) is 0 Å². The lowest BCUT2D eigenvalue weighted by atomic mass is 10.1. The number of unbranched alkanes of at least 4 members (excludes halogenated alkanes) is 2. The lowest BCUT2D eigenvalue weighted by Crippen LogP contribution is -2.29. The van der Waals surface area contributed by atoms with Crippen molar-refractivity contribution >= 4 is 11.9 Å². The molecule has 1 aromatic rings. The summed E-state index contributed by atoms with van der Waals surface area (Å²) in [4.78, 5) is 21.7. The van der Waals surface area contributed by atoms with Crippen LogP contribution in [0.25, 0.3) is 0 Å². The Hall–Kier alpha value is -2.04. The summed E-state index contributed by atoms with van der Waals surface area (Å²) in [7, 11) is 0. The van der Waals surface area contributed by atoms with Crippen molar-refractivity contribution in [1.29, 1.82) is 0 Å². The fourth-order valence-electron chi connectivity index (χ4n) is 1.81. The topological polar surface area (TPSA) is 75.6 Å². The monoisotopic (exact) mass is 293 g/mol. The minimum absolute atomic E-state index is 0.253. The number of carboxylic acids is 1. The molecular formula is C16H23NO4. The molecule has 0 aliphatic carbocycles. The Morgan fingerprint density at radius 2 is 1.90 bits per heavy atom. The number of benzene rings is 1. The summed E-state index contributed by atoms with van der Waals surface area (Å²) in [6, 6.07) is 7.66. The minimum Gasteiger partial charge on any atom is -0.494 e. The Morgan fingerprint density at radius 3 is 2.52 bits per heavy atom. The number of hydrogen-bond donors (Lipinski definition) is 2. The predicted octanol–water partition coefficient (Wildman–Crippen LogP) is 2.39. The molecule has 0 unspecified atom stereocenters. The average molecular weight is 293 g/mol. The Labute approximate surface area is 125 Å². The van der Waals surface area contributed by atoms with Gasteiger partial charge in [-0.2, -0.15) is 0 Å². The molecule has 0 spiro atoms. The third-order valence-corrected chi connectivity index (χ3v) is 3.02. The first-order valence-electron chi connectivity index (χ1n) is 7.32. The van der Waals surface area contributed by atoms with Crippen molar-refractivity contribution < 1.29 is 19.4 Å². The second kappa shape index (κ2) is 9.80. The SMILES string of the molecule is CCCCCOc1ccc(CCC(=O)NCC(=O)O)cc1. The van der Waals surface area contributed by atoms with E-state index < -0.39 is 5.97 Å². The van der Waals surface area contributed by atoms with E-state index in [1.54, 1.807) is 0 Å². The van der Waals surface area contributed by atoms with Gasteiger partial charge in [0.1, 0.15) is 12.3 Å². The van der Waals surface area contributed by atoms with E-state index in [9.17, 15) is 9.59 Å². The number of carboxylic acid groups (broad SMARTS) is 1. The molecule has 1 rings (SSSR count). The fourth-order valence-corrected chi connectivity index (χ4v) is 1.81. The molecule has 0 aliphatic rings. The summed E-state index contributed by atoms with van der Waals surface area (Å²) >= 11 is 0. The second-order valence-electron chi connectivity index (χ2n) is 4.87. The smallest absolute Gasteiger partial charge is 0.322 e. The van der Waals surface area contributed by atoms with Crippen LogP contribution in [0, 0.1) is 0 Å². The van der Waals surface area contributed by atoms with Gasteiger partial charge in [0.25, 0.3) is 0 Å². The summed E-state index contributed by atoms with van der Waals surface area (Å²) in [5.74, 6) is -0.449. The van der Waals surface area contributed by atoms with E-state index >= 15 is 0 Å². The second-order valence-corrected chi connectivity index (χ2v) is 4.87. The molecule has 1 amide bonds. The van der Waals surface area contributed by atoms with Gasteiger partial charge in [-0.1, -0.05) is 31.9 Å². The first kappa shape index (κ1) is 17.0. The standard InChI is InChI=1S/C16H23NO4/c1-2-3-4-11-21-14-8-5-13(6-9-14)7-10-15(18)17-12-16(19)20/h5-6,8-9H,2-4,7,10-12H2,1H3,(H,17,18)(H,19,20). The van der Waals surface area contributed by atoms with Crippen LogP contribution in [-0.4, -0.2) is 30.1 Å². The van der Waals surface area contributed by atoms with Crippen LogP contribution < -0.4 is 10.1 Å². The highest BCUT2D eigenvalue weighted by molar-refractivity contribution is 5.81. The number of carbonyl (C=O) groups excluding carboxylic acids is 1. The molecule has 116 valence electrons. The molecule has 0 atom stereocenters. The summed E-state index contributed by atoms with van der Waals surface area (Å²) in [6.07, 6.45) is 4.27. The van der Waals surface area contributed by atoms with Gasteiger partial charge in [-0.3, -0.25) is 9.59 Å². The molecule has 0 saturated carbocycles. The summed E-state index contributed by atoms with van der Waals surface area (Å²) in [6.45, 7) is 2.55. The molecule has 0 aromatic heterocycles. The van der Waals surface area contributed by atoms with Crippen molar-refractivity contribution in [3.05, 3.63) is 29.8 Å². The molecule has 0 fully saturated rings. The van der Waals surface area contributed by atoms with Crippen molar-refractivity contribution in [1.82, 2.24) is 5.32 Å². The lowest BCUT2D eigenvalue weighted by molar-refractivity contribution is -0.137. The van der Waals surface area contributed by atoms with Crippen molar-refractivity contribution in [2.45, 2.75) is 39.0 Å². The van der Waals surface area contributed by atoms with E-state index in [4.69, 9.17) is 9.84 Å². The molecule has 21 heavy (non-hydrogen) atoms. The van der Waals surface area contributed by atoms with E-state index in [0.29, 0.717) is 6.42 Å². The molecule has 0 saturated heterocycles. The zero-order valence-electron chi connectivity index (χ0n) is 12.4. The summed E-state index contributed by atoms with van der Waals surface area (Å²) < 4.78 is 5.61. The third kappa shape index (κ3) is 7.97. The van der Waals surface area contributed by atoms with Crippen LogP contribution in [0.1, 0.15) is 38.2 Å². The molecule has 5 nitrogen and oxygen atoms in total. The van der Waals surface area contributed by atoms with Crippen molar-refractivity contribution in [2.75, 3.05) is 13.2 Å². The van der Waals surface area contributed by atoms with Gasteiger partial charge < -0.3 is 15.2 Å². The summed E-state index contributed by atoms with van der Waals surface area (Å²) in [5, 5.41) is 10.8. The summed E-state index contributed by atoms with van der Waals surface area (Å²) in [5.41, 5.74) is 1.03. The fraction of sp³-hybridized carbons (Fsp3) is 0.500. The number of rotatable bonds is 10. The van der Waals surface area contributed by atoms with Gasteiger partial charge in [0.15, 0.2) is 0 Å². The highest BCUT2D eigenvalue weighted by atomic mass is 16.5.